The number of carbonyl (C=O) groups excluding carboxylic acids is 1. The molecule has 0 aromatic rings. The Labute approximate surface area is 148 Å². The van der Waals surface area contributed by atoms with Gasteiger partial charge in [-0.05, 0) is 43.9 Å². The lowest BCUT2D eigenvalue weighted by Crippen LogP contribution is -2.48. The fraction of sp³-hybridized carbons (Fsp3) is 0.824. The maximum atomic E-state index is 12.6. The molecule has 0 radical (unpaired) electrons. The van der Waals surface area contributed by atoms with Crippen molar-refractivity contribution in [2.45, 2.75) is 65.5 Å². The van der Waals surface area contributed by atoms with E-state index in [-0.39, 0.29) is 11.9 Å². The van der Waals surface area contributed by atoms with Gasteiger partial charge in [-0.25, -0.2) is 0 Å². The van der Waals surface area contributed by atoms with Crippen LogP contribution in [0.5, 0.6) is 0 Å². The molecule has 1 atom stereocenters. The Morgan fingerprint density at radius 2 is 2.00 bits per heavy atom. The van der Waals surface area contributed by atoms with Crippen LogP contribution < -0.4 is 5.32 Å². The molecule has 7 heteroatoms. The zero-order valence-corrected chi connectivity index (χ0v) is 15.9. The van der Waals surface area contributed by atoms with Crippen LogP contribution in [0.2, 0.25) is 0 Å². The molecule has 1 saturated heterocycles. The summed E-state index contributed by atoms with van der Waals surface area (Å²) in [7, 11) is 0. The number of nitrogens with one attached hydrogen (secondary N) is 1. The summed E-state index contributed by atoms with van der Waals surface area (Å²) < 4.78 is 0. The van der Waals surface area contributed by atoms with Crippen molar-refractivity contribution in [2.75, 3.05) is 12.3 Å². The van der Waals surface area contributed by atoms with E-state index in [9.17, 15) is 14.9 Å². The summed E-state index contributed by atoms with van der Waals surface area (Å²) in [5, 5.41) is 14.6. The summed E-state index contributed by atoms with van der Waals surface area (Å²) in [5.74, 6) is 1.40. The first-order valence-electron chi connectivity index (χ1n) is 8.74. The Morgan fingerprint density at radius 3 is 2.54 bits per heavy atom. The molecule has 1 saturated carbocycles. The van der Waals surface area contributed by atoms with Gasteiger partial charge in [-0.1, -0.05) is 20.8 Å². The van der Waals surface area contributed by atoms with Gasteiger partial charge in [-0.2, -0.15) is 0 Å². The van der Waals surface area contributed by atoms with Crippen LogP contribution in [0.4, 0.5) is 0 Å². The number of carbonyl (C=O) groups is 1. The van der Waals surface area contributed by atoms with Gasteiger partial charge in [0.25, 0.3) is 6.20 Å². The number of hydrogen-bond donors (Lipinski definition) is 1. The van der Waals surface area contributed by atoms with E-state index in [1.165, 1.54) is 24.6 Å². The van der Waals surface area contributed by atoms with Crippen LogP contribution in [0.15, 0.2) is 11.2 Å². The number of amides is 1. The van der Waals surface area contributed by atoms with E-state index in [1.54, 1.807) is 4.90 Å². The first-order valence-corrected chi connectivity index (χ1v) is 9.72. The molecule has 0 bridgehead atoms. The molecule has 0 aromatic heterocycles. The van der Waals surface area contributed by atoms with Crippen molar-refractivity contribution in [1.82, 2.24) is 10.2 Å². The normalized spacial score (nSPS) is 28.2. The molecule has 1 aliphatic carbocycles. The Hall–Kier alpha value is -1.08. The third-order valence-corrected chi connectivity index (χ3v) is 6.13. The van der Waals surface area contributed by atoms with Gasteiger partial charge in [0, 0.05) is 18.3 Å². The molecule has 1 aliphatic heterocycles. The van der Waals surface area contributed by atoms with E-state index in [0.717, 1.165) is 30.7 Å². The highest BCUT2D eigenvalue weighted by Crippen LogP contribution is 2.38. The number of hydrogen-bond acceptors (Lipinski definition) is 5. The standard InChI is InChI=1S/C17H29N3O3S/c1-12(16(21)19-9-10-24-15(19)11-20(22)23)18-14-7-5-13(6-8-14)17(2,3)4/h11-14,18H,5-10H2,1-4H3/b15-11-. The number of rotatable bonds is 4. The molecule has 2 fully saturated rings. The van der Waals surface area contributed by atoms with Gasteiger partial charge in [0.2, 0.25) is 5.91 Å². The second-order valence-electron chi connectivity index (χ2n) is 7.89. The molecule has 1 heterocycles. The lowest BCUT2D eigenvalue weighted by atomic mass is 9.71. The largest absolute Gasteiger partial charge is 0.303 e. The number of nitro groups is 1. The topological polar surface area (TPSA) is 75.5 Å². The van der Waals surface area contributed by atoms with Crippen LogP contribution in [0, 0.1) is 21.4 Å². The molecule has 6 nitrogen and oxygen atoms in total. The monoisotopic (exact) mass is 355 g/mol. The van der Waals surface area contributed by atoms with Crippen molar-refractivity contribution in [3.63, 3.8) is 0 Å². The third-order valence-electron chi connectivity index (χ3n) is 5.12. The van der Waals surface area contributed by atoms with Gasteiger partial charge in [-0.15, -0.1) is 11.8 Å². The first kappa shape index (κ1) is 19.2. The molecule has 1 N–H and O–H groups in total. The van der Waals surface area contributed by atoms with Gasteiger partial charge >= 0.3 is 0 Å². The lowest BCUT2D eigenvalue weighted by molar-refractivity contribution is -0.403. The van der Waals surface area contributed by atoms with E-state index in [4.69, 9.17) is 0 Å². The molecular formula is C17H29N3O3S. The zero-order chi connectivity index (χ0) is 17.9. The maximum absolute atomic E-state index is 12.6. The van der Waals surface area contributed by atoms with Crippen LogP contribution in [0.25, 0.3) is 0 Å². The second kappa shape index (κ2) is 7.87. The minimum Gasteiger partial charge on any atom is -0.303 e. The summed E-state index contributed by atoms with van der Waals surface area (Å²) >= 11 is 1.37. The summed E-state index contributed by atoms with van der Waals surface area (Å²) in [4.78, 5) is 24.4. The van der Waals surface area contributed by atoms with Crippen LogP contribution in [0.3, 0.4) is 0 Å². The van der Waals surface area contributed by atoms with Crippen LogP contribution >= 0.6 is 11.8 Å². The molecule has 1 unspecified atom stereocenters. The van der Waals surface area contributed by atoms with E-state index in [2.05, 4.69) is 26.1 Å². The van der Waals surface area contributed by atoms with E-state index >= 15 is 0 Å². The highest BCUT2D eigenvalue weighted by atomic mass is 32.2. The maximum Gasteiger partial charge on any atom is 0.264 e. The summed E-state index contributed by atoms with van der Waals surface area (Å²) in [6.45, 7) is 9.31. The molecule has 2 rings (SSSR count). The smallest absolute Gasteiger partial charge is 0.264 e. The summed E-state index contributed by atoms with van der Waals surface area (Å²) in [6.07, 6.45) is 5.50. The zero-order valence-electron chi connectivity index (χ0n) is 15.1. The van der Waals surface area contributed by atoms with Gasteiger partial charge in [0.1, 0.15) is 5.03 Å². The van der Waals surface area contributed by atoms with Gasteiger partial charge in [0.15, 0.2) is 0 Å². The van der Waals surface area contributed by atoms with Crippen molar-refractivity contribution >= 4 is 17.7 Å². The summed E-state index contributed by atoms with van der Waals surface area (Å²) in [5.41, 5.74) is 0.349. The minimum atomic E-state index is -0.486. The molecule has 24 heavy (non-hydrogen) atoms. The lowest BCUT2D eigenvalue weighted by Gasteiger charge is -2.38. The van der Waals surface area contributed by atoms with Crippen LogP contribution in [-0.4, -0.2) is 40.1 Å². The van der Waals surface area contributed by atoms with Crippen molar-refractivity contribution < 1.29 is 9.72 Å². The second-order valence-corrected chi connectivity index (χ2v) is 9.01. The van der Waals surface area contributed by atoms with Crippen molar-refractivity contribution in [2.24, 2.45) is 11.3 Å². The highest BCUT2D eigenvalue weighted by molar-refractivity contribution is 8.03. The van der Waals surface area contributed by atoms with Crippen molar-refractivity contribution in [1.29, 1.82) is 0 Å². The molecule has 136 valence electrons. The quantitative estimate of drug-likeness (QED) is 0.619. The minimum absolute atomic E-state index is 0.0638. The molecule has 1 amide bonds. The average molecular weight is 356 g/mol. The van der Waals surface area contributed by atoms with E-state index < -0.39 is 4.92 Å². The Morgan fingerprint density at radius 1 is 1.38 bits per heavy atom. The fourth-order valence-corrected chi connectivity index (χ4v) is 4.61. The van der Waals surface area contributed by atoms with Crippen molar-refractivity contribution in [3.05, 3.63) is 21.3 Å². The van der Waals surface area contributed by atoms with E-state index in [0.29, 0.717) is 23.0 Å². The Balaban J connectivity index is 1.88. The average Bonchev–Trinajstić information content (AvgIpc) is 2.93. The molecular weight excluding hydrogens is 326 g/mol. The van der Waals surface area contributed by atoms with Crippen molar-refractivity contribution in [3.8, 4) is 0 Å². The first-order chi connectivity index (χ1) is 11.2. The SMILES string of the molecule is CC(NC1CCC(C(C)(C)C)CC1)C(=O)N1CCS/C1=C\[N+](=O)[O-]. The predicted molar refractivity (Wildman–Crippen MR) is 97.0 cm³/mol. The number of thioether (sulfide) groups is 1. The Kier molecular flexibility index (Phi) is 6.31. The third kappa shape index (κ3) is 4.96. The fourth-order valence-electron chi connectivity index (χ4n) is 3.63. The Bertz CT molecular complexity index is 508. The van der Waals surface area contributed by atoms with Gasteiger partial charge in [0.05, 0.1) is 11.0 Å². The molecule has 2 aliphatic rings. The molecule has 0 spiro atoms. The number of nitrogens with zero attached hydrogens (tertiary/aromatic N) is 2. The highest BCUT2D eigenvalue weighted by Gasteiger charge is 2.33. The van der Waals surface area contributed by atoms with Gasteiger partial charge < -0.3 is 5.32 Å². The van der Waals surface area contributed by atoms with E-state index in [1.807, 2.05) is 6.92 Å². The summed E-state index contributed by atoms with van der Waals surface area (Å²) in [6, 6.07) is 0.0517. The van der Waals surface area contributed by atoms with Crippen LogP contribution in [-0.2, 0) is 4.79 Å². The van der Waals surface area contributed by atoms with Gasteiger partial charge in [-0.3, -0.25) is 19.8 Å². The van der Waals surface area contributed by atoms with Crippen LogP contribution in [0.1, 0.15) is 53.4 Å². The molecule has 0 aromatic carbocycles. The predicted octanol–water partition coefficient (Wildman–Crippen LogP) is 3.22.